The molecule has 1 heterocycles. The Morgan fingerprint density at radius 2 is 1.07 bits per heavy atom. The molecule has 226 valence electrons. The average molecular weight is 601 g/mol. The number of H-pyrrole nitrogens is 1. The van der Waals surface area contributed by atoms with Gasteiger partial charge in [-0.25, -0.2) is 4.98 Å². The number of fused-ring (bicyclic) bond motifs is 6. The van der Waals surface area contributed by atoms with Gasteiger partial charge in [-0.3, -0.25) is 19.2 Å². The standard InChI is InChI=1S/C18H14N2O2.C14H10N2O2.C4H8O/c1-9(2)18-19-13-8-7-12-14(15(13)20-18)17(22)11-6-4-3-5-10(11)16(12)21;15-10-6-5-9-11(12(10)16)14(18)8-4-2-1-3-7(8)13(9)17;1-4(2)3-5/h3-9H,1-2H3,(H,19,20);1-6H,15-16H2;3-4H,1-2H3. The maximum atomic E-state index is 12.8. The van der Waals surface area contributed by atoms with Gasteiger partial charge in [-0.1, -0.05) is 76.2 Å². The van der Waals surface area contributed by atoms with Crippen LogP contribution >= 0.6 is 0 Å². The van der Waals surface area contributed by atoms with Gasteiger partial charge in [0.15, 0.2) is 23.1 Å². The summed E-state index contributed by atoms with van der Waals surface area (Å²) in [6.45, 7) is 7.78. The predicted octanol–water partition coefficient (Wildman–Crippen LogP) is 5.93. The van der Waals surface area contributed by atoms with Crippen molar-refractivity contribution in [2.24, 2.45) is 5.92 Å². The Balaban J connectivity index is 0.000000157. The molecular formula is C36H32N4O5. The first kappa shape index (κ1) is 30.7. The van der Waals surface area contributed by atoms with Crippen LogP contribution in [0.2, 0.25) is 0 Å². The Morgan fingerprint density at radius 1 is 0.622 bits per heavy atom. The van der Waals surface area contributed by atoms with Crippen molar-refractivity contribution in [3.63, 3.8) is 0 Å². The number of nitrogens with one attached hydrogen (secondary N) is 1. The van der Waals surface area contributed by atoms with Crippen molar-refractivity contribution >= 4 is 51.8 Å². The molecule has 0 radical (unpaired) electrons. The number of aromatic amines is 1. The van der Waals surface area contributed by atoms with E-state index in [1.807, 2.05) is 33.8 Å². The molecule has 0 spiro atoms. The number of hydrogen-bond donors (Lipinski definition) is 3. The van der Waals surface area contributed by atoms with Crippen LogP contribution in [0.4, 0.5) is 11.4 Å². The fourth-order valence-corrected chi connectivity index (χ4v) is 5.17. The topological polar surface area (TPSA) is 166 Å². The van der Waals surface area contributed by atoms with Gasteiger partial charge in [0.1, 0.15) is 17.6 Å². The molecule has 0 bridgehead atoms. The van der Waals surface area contributed by atoms with E-state index in [-0.39, 0.29) is 46.2 Å². The van der Waals surface area contributed by atoms with Crippen LogP contribution in [0.25, 0.3) is 11.0 Å². The van der Waals surface area contributed by atoms with Crippen molar-refractivity contribution in [1.29, 1.82) is 0 Å². The van der Waals surface area contributed by atoms with Crippen LogP contribution in [0.3, 0.4) is 0 Å². The van der Waals surface area contributed by atoms with Gasteiger partial charge in [-0.15, -0.1) is 0 Å². The number of anilines is 2. The molecule has 7 rings (SSSR count). The Kier molecular flexibility index (Phi) is 8.28. The number of nitrogens with two attached hydrogens (primary N) is 2. The number of hydrogen-bond acceptors (Lipinski definition) is 8. The van der Waals surface area contributed by atoms with Gasteiger partial charge < -0.3 is 21.2 Å². The molecular weight excluding hydrogens is 568 g/mol. The second kappa shape index (κ2) is 12.1. The fraction of sp³-hybridized carbons (Fsp3) is 0.167. The van der Waals surface area contributed by atoms with E-state index in [4.69, 9.17) is 11.5 Å². The number of aldehydes is 1. The smallest absolute Gasteiger partial charge is 0.196 e. The van der Waals surface area contributed by atoms with Gasteiger partial charge in [0.2, 0.25) is 0 Å². The zero-order valence-electron chi connectivity index (χ0n) is 25.3. The molecule has 0 saturated heterocycles. The average Bonchev–Trinajstić information content (AvgIpc) is 3.49. The first-order chi connectivity index (χ1) is 21.5. The van der Waals surface area contributed by atoms with E-state index in [2.05, 4.69) is 9.97 Å². The van der Waals surface area contributed by atoms with Gasteiger partial charge in [0, 0.05) is 45.2 Å². The lowest BCUT2D eigenvalue weighted by atomic mass is 9.83. The molecule has 0 amide bonds. The number of carbonyl (C=O) groups excluding carboxylic acids is 5. The Labute approximate surface area is 259 Å². The van der Waals surface area contributed by atoms with Crippen LogP contribution < -0.4 is 11.5 Å². The summed E-state index contributed by atoms with van der Waals surface area (Å²) < 4.78 is 0. The van der Waals surface area contributed by atoms with E-state index in [9.17, 15) is 24.0 Å². The molecule has 45 heavy (non-hydrogen) atoms. The van der Waals surface area contributed by atoms with Crippen molar-refractivity contribution < 1.29 is 24.0 Å². The number of aromatic nitrogens is 2. The summed E-state index contributed by atoms with van der Waals surface area (Å²) in [6, 6.07) is 20.3. The lowest BCUT2D eigenvalue weighted by molar-refractivity contribution is -0.110. The maximum Gasteiger partial charge on any atom is 0.196 e. The van der Waals surface area contributed by atoms with Crippen LogP contribution in [0.15, 0.2) is 72.8 Å². The highest BCUT2D eigenvalue weighted by Gasteiger charge is 2.33. The highest BCUT2D eigenvalue weighted by atomic mass is 16.1. The Hall–Kier alpha value is -5.70. The molecule has 5 aromatic rings. The molecule has 9 heteroatoms. The molecule has 2 aliphatic rings. The minimum Gasteiger partial charge on any atom is -0.397 e. The van der Waals surface area contributed by atoms with Gasteiger partial charge in [-0.2, -0.15) is 0 Å². The number of benzene rings is 4. The molecule has 0 fully saturated rings. The second-order valence-corrected chi connectivity index (χ2v) is 11.4. The highest BCUT2D eigenvalue weighted by molar-refractivity contribution is 6.32. The van der Waals surface area contributed by atoms with Gasteiger partial charge in [0.05, 0.1) is 28.0 Å². The van der Waals surface area contributed by atoms with Crippen LogP contribution in [0.1, 0.15) is 103 Å². The zero-order chi connectivity index (χ0) is 32.6. The first-order valence-electron chi connectivity index (χ1n) is 14.5. The fourth-order valence-electron chi connectivity index (χ4n) is 5.17. The number of rotatable bonds is 2. The number of nitrogens with zero attached hydrogens (tertiary/aromatic N) is 1. The monoisotopic (exact) mass is 600 g/mol. The van der Waals surface area contributed by atoms with Crippen molar-refractivity contribution in [1.82, 2.24) is 9.97 Å². The molecule has 0 atom stereocenters. The molecule has 1 aromatic heterocycles. The van der Waals surface area contributed by atoms with Gasteiger partial charge in [0.25, 0.3) is 0 Å². The molecule has 0 aliphatic heterocycles. The quantitative estimate of drug-likeness (QED) is 0.162. The second-order valence-electron chi connectivity index (χ2n) is 11.4. The summed E-state index contributed by atoms with van der Waals surface area (Å²) in [5, 5.41) is 0. The number of carbonyl (C=O) groups is 5. The minimum absolute atomic E-state index is 0.110. The summed E-state index contributed by atoms with van der Waals surface area (Å²) in [4.78, 5) is 67.4. The summed E-state index contributed by atoms with van der Waals surface area (Å²) in [7, 11) is 0. The first-order valence-corrected chi connectivity index (χ1v) is 14.5. The molecule has 0 saturated carbocycles. The SMILES string of the molecule is CC(C)C=O.CC(C)c1nc2c3c(ccc2[nH]1)C(=O)c1ccccc1C3=O.Nc1ccc2c(c1N)C(=O)c1ccccc1C2=O. The number of ketones is 4. The van der Waals surface area contributed by atoms with E-state index < -0.39 is 0 Å². The van der Waals surface area contributed by atoms with Crippen LogP contribution in [0.5, 0.6) is 0 Å². The molecule has 4 aromatic carbocycles. The lowest BCUT2D eigenvalue weighted by Gasteiger charge is -2.19. The van der Waals surface area contributed by atoms with Crippen molar-refractivity contribution in [2.75, 3.05) is 11.5 Å². The lowest BCUT2D eigenvalue weighted by Crippen LogP contribution is -2.22. The van der Waals surface area contributed by atoms with Crippen molar-refractivity contribution in [3.8, 4) is 0 Å². The van der Waals surface area contributed by atoms with Gasteiger partial charge >= 0.3 is 0 Å². The Bertz CT molecular complexity index is 2040. The zero-order valence-corrected chi connectivity index (χ0v) is 25.3. The summed E-state index contributed by atoms with van der Waals surface area (Å²) in [5.74, 6) is 0.581. The predicted molar refractivity (Wildman–Crippen MR) is 173 cm³/mol. The molecule has 9 nitrogen and oxygen atoms in total. The highest BCUT2D eigenvalue weighted by Crippen LogP contribution is 2.34. The summed E-state index contributed by atoms with van der Waals surface area (Å²) in [5.41, 5.74) is 16.5. The van der Waals surface area contributed by atoms with Crippen molar-refractivity contribution in [3.05, 3.63) is 123 Å². The normalized spacial score (nSPS) is 12.8. The third kappa shape index (κ3) is 5.44. The van der Waals surface area contributed by atoms with Crippen LogP contribution in [0, 0.1) is 5.92 Å². The van der Waals surface area contributed by atoms with E-state index in [1.165, 1.54) is 0 Å². The largest absolute Gasteiger partial charge is 0.397 e. The number of nitrogen functional groups attached to an aromatic ring is 2. The molecule has 0 unspecified atom stereocenters. The maximum absolute atomic E-state index is 12.8. The minimum atomic E-state index is -0.245. The summed E-state index contributed by atoms with van der Waals surface area (Å²) in [6.07, 6.45) is 0.917. The number of imidazole rings is 1. The third-order valence-electron chi connectivity index (χ3n) is 7.55. The van der Waals surface area contributed by atoms with Gasteiger partial charge in [-0.05, 0) is 24.3 Å². The van der Waals surface area contributed by atoms with E-state index in [0.29, 0.717) is 50.1 Å². The molecule has 5 N–H and O–H groups in total. The van der Waals surface area contributed by atoms with E-state index in [1.54, 1.807) is 66.7 Å². The van der Waals surface area contributed by atoms with Crippen molar-refractivity contribution in [2.45, 2.75) is 33.6 Å². The van der Waals surface area contributed by atoms with E-state index in [0.717, 1.165) is 17.6 Å². The summed E-state index contributed by atoms with van der Waals surface area (Å²) >= 11 is 0. The molecule has 2 aliphatic carbocycles. The van der Waals surface area contributed by atoms with Crippen LogP contribution in [-0.2, 0) is 4.79 Å². The van der Waals surface area contributed by atoms with E-state index >= 15 is 0 Å². The van der Waals surface area contributed by atoms with Crippen LogP contribution in [-0.4, -0.2) is 39.4 Å². The third-order valence-corrected chi connectivity index (χ3v) is 7.55. The Morgan fingerprint density at radius 3 is 1.56 bits per heavy atom.